The Labute approximate surface area is 182 Å². The van der Waals surface area contributed by atoms with Crippen molar-refractivity contribution in [3.05, 3.63) is 53.5 Å². The van der Waals surface area contributed by atoms with Crippen molar-refractivity contribution in [3.8, 4) is 0 Å². The molecule has 2 atom stereocenters. The van der Waals surface area contributed by atoms with Gasteiger partial charge in [0.2, 0.25) is 0 Å². The number of anilines is 3. The Hall–Kier alpha value is -3.19. The fourth-order valence-electron chi connectivity index (χ4n) is 4.46. The minimum Gasteiger partial charge on any atom is -0.397 e. The molecular weight excluding hydrogens is 388 g/mol. The van der Waals surface area contributed by atoms with E-state index in [1.165, 1.54) is 0 Å². The summed E-state index contributed by atoms with van der Waals surface area (Å²) in [7, 11) is 0. The predicted molar refractivity (Wildman–Crippen MR) is 126 cm³/mol. The summed E-state index contributed by atoms with van der Waals surface area (Å²) in [5.74, 6) is 0.134. The summed E-state index contributed by atoms with van der Waals surface area (Å²) in [6, 6.07) is 7.95. The highest BCUT2D eigenvalue weighted by molar-refractivity contribution is 6.09. The molecule has 1 amide bonds. The van der Waals surface area contributed by atoms with Crippen molar-refractivity contribution in [1.29, 1.82) is 0 Å². The highest BCUT2D eigenvalue weighted by atomic mass is 16.1. The monoisotopic (exact) mass is 418 g/mol. The van der Waals surface area contributed by atoms with Gasteiger partial charge in [-0.3, -0.25) is 9.78 Å². The molecule has 0 radical (unpaired) electrons. The number of amides is 1. The van der Waals surface area contributed by atoms with Crippen LogP contribution in [0.5, 0.6) is 0 Å². The summed E-state index contributed by atoms with van der Waals surface area (Å²) >= 11 is 0. The zero-order valence-electron chi connectivity index (χ0n) is 18.4. The topological polar surface area (TPSA) is 110 Å². The number of nitrogens with zero attached hydrogens (tertiary/aromatic N) is 3. The number of nitrogen functional groups attached to an aromatic ring is 1. The first-order valence-corrected chi connectivity index (χ1v) is 10.8. The Kier molecular flexibility index (Phi) is 5.78. The smallest absolute Gasteiger partial charge is 0.276 e. The van der Waals surface area contributed by atoms with Crippen molar-refractivity contribution in [2.45, 2.75) is 39.7 Å². The molecule has 3 aromatic rings. The molecule has 7 nitrogen and oxygen atoms in total. The highest BCUT2D eigenvalue weighted by Gasteiger charge is 2.26. The molecule has 5 N–H and O–H groups in total. The number of nitrogens with two attached hydrogens (primary N) is 2. The number of benzene rings is 1. The van der Waals surface area contributed by atoms with Gasteiger partial charge in [0.25, 0.3) is 5.91 Å². The molecule has 4 rings (SSSR count). The van der Waals surface area contributed by atoms with Crippen molar-refractivity contribution < 1.29 is 4.79 Å². The third-order valence-corrected chi connectivity index (χ3v) is 5.89. The van der Waals surface area contributed by atoms with Gasteiger partial charge in [-0.05, 0) is 48.9 Å². The van der Waals surface area contributed by atoms with Crippen LogP contribution in [0.25, 0.3) is 10.9 Å². The third-order valence-electron chi connectivity index (χ3n) is 5.89. The van der Waals surface area contributed by atoms with Gasteiger partial charge in [-0.1, -0.05) is 26.0 Å². The number of nitrogens with one attached hydrogen (secondary N) is 1. The van der Waals surface area contributed by atoms with Crippen LogP contribution in [0.4, 0.5) is 17.1 Å². The third kappa shape index (κ3) is 4.32. The van der Waals surface area contributed by atoms with E-state index in [2.05, 4.69) is 40.1 Å². The molecular formula is C24H30N6O. The van der Waals surface area contributed by atoms with Crippen LogP contribution in [0.15, 0.2) is 36.7 Å². The van der Waals surface area contributed by atoms with E-state index in [9.17, 15) is 4.79 Å². The Bertz CT molecular complexity index is 1120. The molecule has 0 saturated carbocycles. The number of piperidine rings is 1. The number of aromatic nitrogens is 2. The number of carbonyl (C=O) groups excluding carboxylic acids is 1. The van der Waals surface area contributed by atoms with Crippen LogP contribution in [0.2, 0.25) is 0 Å². The van der Waals surface area contributed by atoms with Gasteiger partial charge < -0.3 is 21.7 Å². The average molecular weight is 419 g/mol. The first-order valence-electron chi connectivity index (χ1n) is 10.8. The fraction of sp³-hybridized carbons (Fsp3) is 0.375. The first-order chi connectivity index (χ1) is 14.9. The summed E-state index contributed by atoms with van der Waals surface area (Å²) in [4.78, 5) is 24.3. The Morgan fingerprint density at radius 3 is 2.81 bits per heavy atom. The summed E-state index contributed by atoms with van der Waals surface area (Å²) in [5.41, 5.74) is 17.6. The largest absolute Gasteiger partial charge is 0.397 e. The minimum absolute atomic E-state index is 0.102. The van der Waals surface area contributed by atoms with Gasteiger partial charge in [-0.2, -0.15) is 0 Å². The summed E-state index contributed by atoms with van der Waals surface area (Å²) in [6.45, 7) is 7.92. The van der Waals surface area contributed by atoms with Crippen molar-refractivity contribution in [2.24, 2.45) is 11.7 Å². The normalized spacial score (nSPS) is 18.9. The van der Waals surface area contributed by atoms with Crippen LogP contribution in [-0.2, 0) is 6.42 Å². The lowest BCUT2D eigenvalue weighted by Gasteiger charge is -2.38. The van der Waals surface area contributed by atoms with Crippen LogP contribution in [0.1, 0.15) is 41.9 Å². The van der Waals surface area contributed by atoms with Crippen LogP contribution in [0.3, 0.4) is 0 Å². The molecule has 1 aliphatic rings. The first kappa shape index (κ1) is 21.1. The van der Waals surface area contributed by atoms with Gasteiger partial charge in [0.1, 0.15) is 0 Å². The number of pyridine rings is 2. The number of fused-ring (bicyclic) bond motifs is 1. The standard InChI is InChI=1S/C24H30N6O/c1-4-16-5-6-17-9-19(26)22(28-20(17)8-16)24(31)29-21-11-27-10-15(3)23(21)30-12-14(2)7-18(25)13-30/h5-6,8-11,14,18H,4,7,12-13,25-26H2,1-3H3,(H,29,31). The van der Waals surface area contributed by atoms with E-state index in [1.54, 1.807) is 12.3 Å². The number of hydrogen-bond acceptors (Lipinski definition) is 6. The maximum Gasteiger partial charge on any atom is 0.276 e. The molecule has 0 aliphatic carbocycles. The second-order valence-electron chi connectivity index (χ2n) is 8.62. The molecule has 1 fully saturated rings. The van der Waals surface area contributed by atoms with E-state index in [0.717, 1.165) is 53.6 Å². The molecule has 1 saturated heterocycles. The van der Waals surface area contributed by atoms with Crippen LogP contribution < -0.4 is 21.7 Å². The minimum atomic E-state index is -0.343. The molecule has 0 spiro atoms. The van der Waals surface area contributed by atoms with Crippen molar-refractivity contribution in [1.82, 2.24) is 9.97 Å². The number of hydrogen-bond donors (Lipinski definition) is 3. The van der Waals surface area contributed by atoms with Gasteiger partial charge in [-0.25, -0.2) is 4.98 Å². The highest BCUT2D eigenvalue weighted by Crippen LogP contribution is 2.33. The van der Waals surface area contributed by atoms with E-state index < -0.39 is 0 Å². The molecule has 1 aromatic carbocycles. The summed E-state index contributed by atoms with van der Waals surface area (Å²) in [6.07, 6.45) is 5.39. The predicted octanol–water partition coefficient (Wildman–Crippen LogP) is 3.51. The SMILES string of the molecule is CCc1ccc2cc(N)c(C(=O)Nc3cncc(C)c3N3CC(C)CC(N)C3)nc2c1. The van der Waals surface area contributed by atoms with E-state index in [4.69, 9.17) is 11.5 Å². The van der Waals surface area contributed by atoms with E-state index in [-0.39, 0.29) is 17.6 Å². The lowest BCUT2D eigenvalue weighted by molar-refractivity contribution is 0.102. The average Bonchev–Trinajstić information content (AvgIpc) is 2.72. The van der Waals surface area contributed by atoms with Gasteiger partial charge in [-0.15, -0.1) is 0 Å². The van der Waals surface area contributed by atoms with Gasteiger partial charge in [0.15, 0.2) is 5.69 Å². The summed E-state index contributed by atoms with van der Waals surface area (Å²) < 4.78 is 0. The van der Waals surface area contributed by atoms with E-state index >= 15 is 0 Å². The lowest BCUT2D eigenvalue weighted by atomic mass is 9.95. The second kappa shape index (κ2) is 8.51. The fourth-order valence-corrected chi connectivity index (χ4v) is 4.46. The molecule has 1 aliphatic heterocycles. The van der Waals surface area contributed by atoms with Gasteiger partial charge in [0.05, 0.1) is 28.8 Å². The molecule has 3 heterocycles. The van der Waals surface area contributed by atoms with Crippen molar-refractivity contribution in [3.63, 3.8) is 0 Å². The summed E-state index contributed by atoms with van der Waals surface area (Å²) in [5, 5.41) is 3.92. The van der Waals surface area contributed by atoms with E-state index in [1.807, 2.05) is 25.3 Å². The molecule has 2 unspecified atom stereocenters. The van der Waals surface area contributed by atoms with Crippen molar-refractivity contribution in [2.75, 3.05) is 29.0 Å². The maximum atomic E-state index is 13.2. The maximum absolute atomic E-state index is 13.2. The van der Waals surface area contributed by atoms with Gasteiger partial charge in [0, 0.05) is 30.7 Å². The molecule has 0 bridgehead atoms. The zero-order chi connectivity index (χ0) is 22.1. The Balaban J connectivity index is 1.68. The second-order valence-corrected chi connectivity index (χ2v) is 8.62. The van der Waals surface area contributed by atoms with E-state index in [0.29, 0.717) is 17.3 Å². The van der Waals surface area contributed by atoms with Crippen LogP contribution in [0, 0.1) is 12.8 Å². The lowest BCUT2D eigenvalue weighted by Crippen LogP contribution is -2.47. The Morgan fingerprint density at radius 1 is 1.26 bits per heavy atom. The molecule has 31 heavy (non-hydrogen) atoms. The van der Waals surface area contributed by atoms with Crippen molar-refractivity contribution >= 4 is 33.9 Å². The number of rotatable bonds is 4. The number of carbonyl (C=O) groups is 1. The zero-order valence-corrected chi connectivity index (χ0v) is 18.4. The molecule has 2 aromatic heterocycles. The van der Waals surface area contributed by atoms with Crippen LogP contribution >= 0.6 is 0 Å². The Morgan fingerprint density at radius 2 is 2.06 bits per heavy atom. The molecule has 7 heteroatoms. The van der Waals surface area contributed by atoms with Crippen LogP contribution in [-0.4, -0.2) is 35.0 Å². The molecule has 162 valence electrons. The quantitative estimate of drug-likeness (QED) is 0.598. The van der Waals surface area contributed by atoms with Gasteiger partial charge >= 0.3 is 0 Å². The number of aryl methyl sites for hydroxylation is 2.